The summed E-state index contributed by atoms with van der Waals surface area (Å²) in [5.41, 5.74) is 2.61. The highest BCUT2D eigenvalue weighted by Crippen LogP contribution is 2.29. The minimum atomic E-state index is -4.35. The van der Waals surface area contributed by atoms with Crippen molar-refractivity contribution in [3.8, 4) is 0 Å². The van der Waals surface area contributed by atoms with Gasteiger partial charge in [0, 0.05) is 50.9 Å². The van der Waals surface area contributed by atoms with Gasteiger partial charge in [0.05, 0.1) is 16.6 Å². The monoisotopic (exact) mass is 487 g/mol. The van der Waals surface area contributed by atoms with Crippen LogP contribution in [-0.2, 0) is 12.7 Å². The van der Waals surface area contributed by atoms with Gasteiger partial charge in [-0.25, -0.2) is 9.37 Å². The number of benzene rings is 2. The van der Waals surface area contributed by atoms with Gasteiger partial charge in [-0.15, -0.1) is 0 Å². The van der Waals surface area contributed by atoms with E-state index in [9.17, 15) is 22.4 Å². The molecular weight excluding hydrogens is 462 g/mol. The van der Waals surface area contributed by atoms with Crippen LogP contribution in [0.2, 0.25) is 0 Å². The van der Waals surface area contributed by atoms with Crippen LogP contribution < -0.4 is 5.32 Å². The minimum absolute atomic E-state index is 0.173. The summed E-state index contributed by atoms with van der Waals surface area (Å²) in [6.07, 6.45) is -1.64. The Morgan fingerprint density at radius 2 is 1.80 bits per heavy atom. The Labute approximate surface area is 199 Å². The number of imidazole rings is 1. The predicted molar refractivity (Wildman–Crippen MR) is 124 cm³/mol. The fourth-order valence-electron chi connectivity index (χ4n) is 4.56. The number of piperazine rings is 1. The molecule has 10 heteroatoms. The number of amides is 1. The summed E-state index contributed by atoms with van der Waals surface area (Å²) in [6, 6.07) is 8.24. The van der Waals surface area contributed by atoms with Gasteiger partial charge in [0.2, 0.25) is 0 Å². The lowest BCUT2D eigenvalue weighted by molar-refractivity contribution is -0.137. The quantitative estimate of drug-likeness (QED) is 0.545. The maximum Gasteiger partial charge on any atom is 0.416 e. The van der Waals surface area contributed by atoms with E-state index in [-0.39, 0.29) is 17.5 Å². The molecule has 35 heavy (non-hydrogen) atoms. The molecule has 0 unspecified atom stereocenters. The summed E-state index contributed by atoms with van der Waals surface area (Å²) in [4.78, 5) is 24.2. The Bertz CT molecular complexity index is 1260. The van der Waals surface area contributed by atoms with Crippen molar-refractivity contribution in [2.24, 2.45) is 0 Å². The number of carbonyl (C=O) groups is 1. The molecule has 2 aliphatic heterocycles. The molecule has 2 aromatic carbocycles. The van der Waals surface area contributed by atoms with E-state index >= 15 is 0 Å². The van der Waals surface area contributed by atoms with Crippen molar-refractivity contribution < 1.29 is 22.4 Å². The highest BCUT2D eigenvalue weighted by Gasteiger charge is 2.30. The molecule has 3 heterocycles. The maximum absolute atomic E-state index is 14.7. The van der Waals surface area contributed by atoms with Gasteiger partial charge in [-0.2, -0.15) is 13.2 Å². The number of rotatable bonds is 4. The Morgan fingerprint density at radius 3 is 2.46 bits per heavy atom. The topological polar surface area (TPSA) is 64.3 Å². The Kier molecular flexibility index (Phi) is 6.33. The van der Waals surface area contributed by atoms with E-state index in [1.807, 2.05) is 6.08 Å². The number of nitrogens with one attached hydrogen (secondary N) is 2. The molecule has 1 fully saturated rings. The lowest BCUT2D eigenvalue weighted by Gasteiger charge is -2.34. The molecule has 0 aliphatic carbocycles. The predicted octanol–water partition coefficient (Wildman–Crippen LogP) is 4.06. The van der Waals surface area contributed by atoms with Crippen molar-refractivity contribution in [2.75, 3.05) is 39.3 Å². The summed E-state index contributed by atoms with van der Waals surface area (Å²) in [5.74, 6) is -0.432. The highest BCUT2D eigenvalue weighted by atomic mass is 19.4. The van der Waals surface area contributed by atoms with Crippen LogP contribution in [0.1, 0.15) is 33.7 Å². The summed E-state index contributed by atoms with van der Waals surface area (Å²) in [6.45, 7) is 4.12. The van der Waals surface area contributed by atoms with Crippen molar-refractivity contribution in [1.82, 2.24) is 25.1 Å². The van der Waals surface area contributed by atoms with Crippen molar-refractivity contribution in [3.05, 3.63) is 70.8 Å². The average molecular weight is 488 g/mol. The van der Waals surface area contributed by atoms with Crippen molar-refractivity contribution in [3.63, 3.8) is 0 Å². The van der Waals surface area contributed by atoms with Crippen LogP contribution >= 0.6 is 0 Å². The molecule has 6 nitrogen and oxygen atoms in total. The van der Waals surface area contributed by atoms with Gasteiger partial charge in [-0.05, 0) is 42.3 Å². The summed E-state index contributed by atoms with van der Waals surface area (Å²) >= 11 is 0. The number of nitrogens with zero attached hydrogens (tertiary/aromatic N) is 3. The molecule has 3 aromatic rings. The normalized spacial score (nSPS) is 17.6. The molecule has 2 aliphatic rings. The van der Waals surface area contributed by atoms with E-state index in [0.29, 0.717) is 55.9 Å². The van der Waals surface area contributed by atoms with Gasteiger partial charge in [-0.1, -0.05) is 18.2 Å². The smallest absolute Gasteiger partial charge is 0.334 e. The van der Waals surface area contributed by atoms with Crippen LogP contribution in [0.3, 0.4) is 0 Å². The lowest BCUT2D eigenvalue weighted by atomic mass is 9.99. The Hall–Kier alpha value is -3.24. The number of aromatic nitrogens is 2. The second-order valence-electron chi connectivity index (χ2n) is 8.88. The molecule has 0 atom stereocenters. The van der Waals surface area contributed by atoms with Gasteiger partial charge in [0.1, 0.15) is 5.82 Å². The van der Waals surface area contributed by atoms with Gasteiger partial charge in [0.25, 0.3) is 5.91 Å². The van der Waals surface area contributed by atoms with E-state index in [4.69, 9.17) is 0 Å². The molecule has 0 radical (unpaired) electrons. The third-order valence-electron chi connectivity index (χ3n) is 6.53. The van der Waals surface area contributed by atoms with E-state index in [2.05, 4.69) is 20.2 Å². The van der Waals surface area contributed by atoms with Crippen LogP contribution in [0.25, 0.3) is 16.6 Å². The molecule has 1 aromatic heterocycles. The zero-order valence-corrected chi connectivity index (χ0v) is 19.0. The molecule has 2 N–H and O–H groups in total. The number of H-pyrrole nitrogens is 1. The van der Waals surface area contributed by atoms with Crippen molar-refractivity contribution in [1.29, 1.82) is 0 Å². The largest absolute Gasteiger partial charge is 0.416 e. The van der Waals surface area contributed by atoms with Gasteiger partial charge < -0.3 is 15.2 Å². The first-order valence-electron chi connectivity index (χ1n) is 11.5. The number of aromatic amines is 1. The van der Waals surface area contributed by atoms with E-state index in [1.54, 1.807) is 11.0 Å². The van der Waals surface area contributed by atoms with Crippen molar-refractivity contribution in [2.45, 2.75) is 19.1 Å². The first-order valence-corrected chi connectivity index (χ1v) is 11.5. The summed E-state index contributed by atoms with van der Waals surface area (Å²) in [5, 5.41) is 3.21. The van der Waals surface area contributed by atoms with Crippen LogP contribution in [0.4, 0.5) is 17.6 Å². The molecule has 1 amide bonds. The second-order valence-corrected chi connectivity index (χ2v) is 8.88. The molecule has 1 saturated heterocycles. The number of fused-ring (bicyclic) bond motifs is 1. The maximum atomic E-state index is 14.7. The first kappa shape index (κ1) is 23.5. The Balaban J connectivity index is 1.23. The van der Waals surface area contributed by atoms with Crippen LogP contribution in [-0.4, -0.2) is 64.9 Å². The van der Waals surface area contributed by atoms with Gasteiger partial charge in [-0.3, -0.25) is 9.69 Å². The number of alkyl halides is 3. The number of halogens is 4. The van der Waals surface area contributed by atoms with Gasteiger partial charge >= 0.3 is 6.18 Å². The number of hydrogen-bond donors (Lipinski definition) is 2. The summed E-state index contributed by atoms with van der Waals surface area (Å²) < 4.78 is 53.0. The van der Waals surface area contributed by atoms with Crippen LogP contribution in [0, 0.1) is 5.82 Å². The standard InChI is InChI=1S/C25H25F4N5O/c26-20-14-22-21(13-19(20)17-5-7-30-8-6-17)31-23(32-22)24(35)34-11-9-33(10-12-34)15-16-1-3-18(4-2-16)25(27,28)29/h1-5,13-14,30H,6-12,15H2,(H,31,32). The zero-order chi connectivity index (χ0) is 24.6. The zero-order valence-electron chi connectivity index (χ0n) is 19.0. The van der Waals surface area contributed by atoms with Gasteiger partial charge in [0.15, 0.2) is 5.82 Å². The van der Waals surface area contributed by atoms with Crippen LogP contribution in [0.15, 0.2) is 42.5 Å². The van der Waals surface area contributed by atoms with E-state index < -0.39 is 11.7 Å². The SMILES string of the molecule is O=C(c1nc2cc(F)c(C3=CCNCC3)cc2[nH]1)N1CCN(Cc2ccc(C(F)(F)F)cc2)CC1. The average Bonchev–Trinajstić information content (AvgIpc) is 3.27. The van der Waals surface area contributed by atoms with Crippen LogP contribution in [0.5, 0.6) is 0 Å². The van der Waals surface area contributed by atoms with E-state index in [0.717, 1.165) is 36.2 Å². The number of hydrogen-bond acceptors (Lipinski definition) is 4. The third-order valence-corrected chi connectivity index (χ3v) is 6.53. The first-order chi connectivity index (χ1) is 16.8. The molecule has 5 rings (SSSR count). The molecule has 0 spiro atoms. The molecular formula is C25H25F4N5O. The fourth-order valence-corrected chi connectivity index (χ4v) is 4.56. The molecule has 0 saturated carbocycles. The van der Waals surface area contributed by atoms with Crippen molar-refractivity contribution >= 4 is 22.5 Å². The second kappa shape index (κ2) is 9.43. The lowest BCUT2D eigenvalue weighted by Crippen LogP contribution is -2.48. The minimum Gasteiger partial charge on any atom is -0.334 e. The third kappa shape index (κ3) is 5.08. The molecule has 184 valence electrons. The molecule has 0 bridgehead atoms. The number of carbonyl (C=O) groups excluding carboxylic acids is 1. The van der Waals surface area contributed by atoms with E-state index in [1.165, 1.54) is 18.2 Å². The highest BCUT2D eigenvalue weighted by molar-refractivity contribution is 5.95. The summed E-state index contributed by atoms with van der Waals surface area (Å²) in [7, 11) is 0. The fraction of sp³-hybridized carbons (Fsp3) is 0.360. The Morgan fingerprint density at radius 1 is 1.06 bits per heavy atom.